The first-order chi connectivity index (χ1) is 22.9. The largest absolute Gasteiger partial charge is 0.337 e. The van der Waals surface area contributed by atoms with Gasteiger partial charge in [0, 0.05) is 37.6 Å². The lowest BCUT2D eigenvalue weighted by molar-refractivity contribution is 0.248. The summed E-state index contributed by atoms with van der Waals surface area (Å²) in [6.07, 6.45) is 19.0. The number of likely N-dealkylation sites (N-methyl/N-ethyl adjacent to an activating group) is 2. The summed E-state index contributed by atoms with van der Waals surface area (Å²) in [4.78, 5) is 29.6. The molecule has 2 aromatic carbocycles. The van der Waals surface area contributed by atoms with Crippen LogP contribution in [0.5, 0.6) is 0 Å². The molecule has 0 heterocycles. The van der Waals surface area contributed by atoms with Crippen molar-refractivity contribution in [3.63, 3.8) is 0 Å². The predicted molar refractivity (Wildman–Crippen MR) is 201 cm³/mol. The van der Waals surface area contributed by atoms with Gasteiger partial charge in [-0.05, 0) is 81.8 Å². The summed E-state index contributed by atoms with van der Waals surface area (Å²) < 4.78 is 0. The molecule has 0 bridgehead atoms. The first-order valence-electron chi connectivity index (χ1n) is 18.5. The topological polar surface area (TPSA) is 88.7 Å². The molecule has 4 N–H and O–H groups in total. The highest BCUT2D eigenvalue weighted by atomic mass is 16.2. The number of benzene rings is 2. The number of amides is 4. The number of hydrogen-bond donors (Lipinski definition) is 4. The summed E-state index contributed by atoms with van der Waals surface area (Å²) in [5.41, 5.74) is 3.70. The Morgan fingerprint density at radius 2 is 0.915 bits per heavy atom. The molecule has 0 aromatic heterocycles. The summed E-state index contributed by atoms with van der Waals surface area (Å²) in [6.45, 7) is 9.54. The van der Waals surface area contributed by atoms with E-state index in [9.17, 15) is 9.59 Å². The van der Waals surface area contributed by atoms with Crippen LogP contribution in [0, 0.1) is 0 Å². The second-order valence-corrected chi connectivity index (χ2v) is 13.2. The van der Waals surface area contributed by atoms with Crippen LogP contribution in [0.4, 0.5) is 21.0 Å². The minimum atomic E-state index is -0.187. The maximum atomic E-state index is 12.5. The molecule has 0 saturated carbocycles. The lowest BCUT2D eigenvalue weighted by Gasteiger charge is -2.17. The number of urea groups is 2. The van der Waals surface area contributed by atoms with Gasteiger partial charge >= 0.3 is 12.1 Å². The van der Waals surface area contributed by atoms with Gasteiger partial charge in [0.1, 0.15) is 0 Å². The van der Waals surface area contributed by atoms with Crippen LogP contribution in [0.15, 0.2) is 48.5 Å². The van der Waals surface area contributed by atoms with E-state index >= 15 is 0 Å². The van der Waals surface area contributed by atoms with Crippen LogP contribution < -0.4 is 21.3 Å². The zero-order chi connectivity index (χ0) is 34.0. The van der Waals surface area contributed by atoms with Gasteiger partial charge in [0.2, 0.25) is 0 Å². The molecule has 47 heavy (non-hydrogen) atoms. The van der Waals surface area contributed by atoms with Gasteiger partial charge < -0.3 is 31.1 Å². The molecule has 0 spiro atoms. The van der Waals surface area contributed by atoms with Crippen molar-refractivity contribution in [3.05, 3.63) is 59.7 Å². The van der Waals surface area contributed by atoms with E-state index in [2.05, 4.69) is 71.1 Å². The SMILES string of the molecule is CCCCCCCCCN(C)CCNC(=O)Nc1cccc(Cc2cccc(NC(=O)NCCN(C)CCCCCCCCC)c2)c1. The number of carbonyl (C=O) groups is 2. The smallest absolute Gasteiger partial charge is 0.319 e. The molecule has 8 nitrogen and oxygen atoms in total. The maximum absolute atomic E-state index is 12.5. The number of carbonyl (C=O) groups excluding carboxylic acids is 2. The third kappa shape index (κ3) is 20.7. The standard InChI is InChI=1S/C39H66N6O2/c1-5-7-9-11-13-15-17-27-44(3)29-25-40-38(46)42-36-23-19-21-34(32-36)31-35-22-20-24-37(33-35)43-39(47)41-26-30-45(4)28-18-16-14-12-10-8-6-2/h19-24,32-33H,5-18,25-31H2,1-4H3,(H2,40,42,46)(H2,41,43,47). The molecular weight excluding hydrogens is 584 g/mol. The first kappa shape index (κ1) is 40.1. The molecule has 0 aliphatic carbocycles. The highest BCUT2D eigenvalue weighted by Crippen LogP contribution is 2.18. The van der Waals surface area contributed by atoms with Crippen LogP contribution in [-0.4, -0.2) is 75.2 Å². The predicted octanol–water partition coefficient (Wildman–Crippen LogP) is 8.89. The molecule has 0 radical (unpaired) electrons. The monoisotopic (exact) mass is 651 g/mol. The van der Waals surface area contributed by atoms with Crippen molar-refractivity contribution in [2.75, 3.05) is 64.0 Å². The van der Waals surface area contributed by atoms with Crippen LogP contribution in [0.3, 0.4) is 0 Å². The minimum absolute atomic E-state index is 0.187. The number of hydrogen-bond acceptors (Lipinski definition) is 4. The fourth-order valence-corrected chi connectivity index (χ4v) is 5.73. The van der Waals surface area contributed by atoms with Crippen LogP contribution in [-0.2, 0) is 6.42 Å². The number of anilines is 2. The Morgan fingerprint density at radius 3 is 1.32 bits per heavy atom. The number of nitrogens with one attached hydrogen (secondary N) is 4. The summed E-state index contributed by atoms with van der Waals surface area (Å²) in [6, 6.07) is 15.5. The highest BCUT2D eigenvalue weighted by Gasteiger charge is 2.07. The zero-order valence-corrected chi connectivity index (χ0v) is 30.2. The van der Waals surface area contributed by atoms with E-state index in [4.69, 9.17) is 0 Å². The molecule has 2 aromatic rings. The molecule has 0 fully saturated rings. The first-order valence-corrected chi connectivity index (χ1v) is 18.5. The van der Waals surface area contributed by atoms with Crippen LogP contribution in [0.1, 0.15) is 115 Å². The van der Waals surface area contributed by atoms with E-state index < -0.39 is 0 Å². The van der Waals surface area contributed by atoms with Crippen molar-refractivity contribution >= 4 is 23.4 Å². The normalized spacial score (nSPS) is 11.2. The molecular formula is C39H66N6O2. The summed E-state index contributed by atoms with van der Waals surface area (Å²) >= 11 is 0. The average Bonchev–Trinajstić information content (AvgIpc) is 3.04. The van der Waals surface area contributed by atoms with Crippen LogP contribution >= 0.6 is 0 Å². The molecule has 2 rings (SSSR count). The van der Waals surface area contributed by atoms with Crippen LogP contribution in [0.2, 0.25) is 0 Å². The summed E-state index contributed by atoms with van der Waals surface area (Å²) in [5, 5.41) is 11.9. The van der Waals surface area contributed by atoms with Gasteiger partial charge in [0.25, 0.3) is 0 Å². The van der Waals surface area contributed by atoms with Gasteiger partial charge in [0.15, 0.2) is 0 Å². The minimum Gasteiger partial charge on any atom is -0.337 e. The zero-order valence-electron chi connectivity index (χ0n) is 30.2. The molecule has 0 atom stereocenters. The van der Waals surface area contributed by atoms with Gasteiger partial charge in [-0.3, -0.25) is 0 Å². The van der Waals surface area contributed by atoms with Crippen molar-refractivity contribution in [3.8, 4) is 0 Å². The van der Waals surface area contributed by atoms with E-state index in [0.717, 1.165) is 48.7 Å². The van der Waals surface area contributed by atoms with E-state index in [1.54, 1.807) is 0 Å². The fraction of sp³-hybridized carbons (Fsp3) is 0.641. The third-order valence-corrected chi connectivity index (χ3v) is 8.62. The maximum Gasteiger partial charge on any atom is 0.319 e. The number of unbranched alkanes of at least 4 members (excludes halogenated alkanes) is 12. The third-order valence-electron chi connectivity index (χ3n) is 8.62. The van der Waals surface area contributed by atoms with Crippen molar-refractivity contribution in [1.29, 1.82) is 0 Å². The fourth-order valence-electron chi connectivity index (χ4n) is 5.73. The summed E-state index contributed by atoms with van der Waals surface area (Å²) in [7, 11) is 4.24. The Kier molecular flexibility index (Phi) is 22.1. The lowest BCUT2D eigenvalue weighted by atomic mass is 10.0. The number of nitrogens with zero attached hydrogens (tertiary/aromatic N) is 2. The Hall–Kier alpha value is -3.10. The Balaban J connectivity index is 1.65. The van der Waals surface area contributed by atoms with E-state index in [1.165, 1.54) is 89.9 Å². The average molecular weight is 651 g/mol. The molecule has 4 amide bonds. The van der Waals surface area contributed by atoms with Gasteiger partial charge in [0.05, 0.1) is 0 Å². The van der Waals surface area contributed by atoms with Gasteiger partial charge in [-0.25, -0.2) is 9.59 Å². The summed E-state index contributed by atoms with van der Waals surface area (Å²) in [5.74, 6) is 0. The van der Waals surface area contributed by atoms with Crippen LogP contribution in [0.25, 0.3) is 0 Å². The Morgan fingerprint density at radius 1 is 0.532 bits per heavy atom. The molecule has 8 heteroatoms. The van der Waals surface area contributed by atoms with E-state index in [-0.39, 0.29) is 12.1 Å². The lowest BCUT2D eigenvalue weighted by Crippen LogP contribution is -2.35. The second kappa shape index (κ2) is 25.9. The molecule has 264 valence electrons. The Bertz CT molecular complexity index is 1020. The molecule has 0 aliphatic heterocycles. The van der Waals surface area contributed by atoms with Gasteiger partial charge in [-0.15, -0.1) is 0 Å². The van der Waals surface area contributed by atoms with E-state index in [0.29, 0.717) is 19.5 Å². The number of rotatable bonds is 26. The molecule has 0 unspecified atom stereocenters. The quantitative estimate of drug-likeness (QED) is 0.0766. The van der Waals surface area contributed by atoms with Crippen molar-refractivity contribution < 1.29 is 9.59 Å². The van der Waals surface area contributed by atoms with Crippen molar-refractivity contribution in [1.82, 2.24) is 20.4 Å². The van der Waals surface area contributed by atoms with Crippen molar-refractivity contribution in [2.45, 2.75) is 110 Å². The Labute approximate surface area is 286 Å². The second-order valence-electron chi connectivity index (χ2n) is 13.2. The van der Waals surface area contributed by atoms with E-state index in [1.807, 2.05) is 36.4 Å². The molecule has 0 saturated heterocycles. The highest BCUT2D eigenvalue weighted by molar-refractivity contribution is 5.90. The molecule has 0 aliphatic rings. The van der Waals surface area contributed by atoms with Gasteiger partial charge in [-0.2, -0.15) is 0 Å². The van der Waals surface area contributed by atoms with Crippen molar-refractivity contribution in [2.24, 2.45) is 0 Å². The van der Waals surface area contributed by atoms with Gasteiger partial charge in [-0.1, -0.05) is 115 Å².